The van der Waals surface area contributed by atoms with Crippen molar-refractivity contribution in [1.82, 2.24) is 5.32 Å². The van der Waals surface area contributed by atoms with Gasteiger partial charge in [-0.25, -0.2) is 0 Å². The van der Waals surface area contributed by atoms with Crippen LogP contribution in [0.2, 0.25) is 0 Å². The molecule has 11 heavy (non-hydrogen) atoms. The topological polar surface area (TPSA) is 44.6 Å². The van der Waals surface area contributed by atoms with Crippen LogP contribution in [-0.4, -0.2) is 30.1 Å². The molecule has 0 amide bonds. The van der Waals surface area contributed by atoms with Crippen molar-refractivity contribution in [2.45, 2.75) is 32.2 Å². The maximum atomic E-state index is 8.87. The highest BCUT2D eigenvalue weighted by Gasteiger charge is 2.09. The summed E-state index contributed by atoms with van der Waals surface area (Å²) in [4.78, 5) is 4.27. The molecule has 3 heteroatoms. The highest BCUT2D eigenvalue weighted by molar-refractivity contribution is 5.83. The zero-order chi connectivity index (χ0) is 8.10. The minimum Gasteiger partial charge on any atom is -0.394 e. The molecule has 0 saturated heterocycles. The average Bonchev–Trinajstić information content (AvgIpc) is 2.52. The van der Waals surface area contributed by atoms with Crippen molar-refractivity contribution >= 4 is 5.84 Å². The summed E-state index contributed by atoms with van der Waals surface area (Å²) in [6, 6.07) is 0.201. The first kappa shape index (κ1) is 8.53. The number of hydrogen-bond acceptors (Lipinski definition) is 3. The van der Waals surface area contributed by atoms with Crippen molar-refractivity contribution in [2.24, 2.45) is 4.99 Å². The number of rotatable bonds is 3. The molecular weight excluding hydrogens is 140 g/mol. The first-order valence-corrected chi connectivity index (χ1v) is 4.27. The molecule has 0 aliphatic carbocycles. The lowest BCUT2D eigenvalue weighted by atomic mass is 10.2. The molecule has 0 bridgehead atoms. The van der Waals surface area contributed by atoms with E-state index in [1.807, 2.05) is 0 Å². The van der Waals surface area contributed by atoms with Crippen LogP contribution >= 0.6 is 0 Å². The lowest BCUT2D eigenvalue weighted by molar-refractivity contribution is 0.252. The Labute approximate surface area is 67.5 Å². The maximum absolute atomic E-state index is 8.87. The summed E-state index contributed by atoms with van der Waals surface area (Å²) in [5, 5.41) is 12.1. The third kappa shape index (κ3) is 2.50. The standard InChI is InChI=1S/C8H16N2O/c1-2-7(6-11)10-8-4-3-5-9-8/h7,11H,2-6H2,1H3,(H,9,10). The molecule has 2 N–H and O–H groups in total. The van der Waals surface area contributed by atoms with E-state index in [1.54, 1.807) is 0 Å². The van der Waals surface area contributed by atoms with Gasteiger partial charge in [0, 0.05) is 13.0 Å². The van der Waals surface area contributed by atoms with Gasteiger partial charge in [0.15, 0.2) is 0 Å². The summed E-state index contributed by atoms with van der Waals surface area (Å²) < 4.78 is 0. The van der Waals surface area contributed by atoms with Gasteiger partial charge in [-0.2, -0.15) is 0 Å². The fourth-order valence-corrected chi connectivity index (χ4v) is 1.17. The largest absolute Gasteiger partial charge is 0.394 e. The molecule has 1 aliphatic rings. The van der Waals surface area contributed by atoms with Gasteiger partial charge in [-0.1, -0.05) is 6.92 Å². The van der Waals surface area contributed by atoms with Crippen molar-refractivity contribution in [3.8, 4) is 0 Å². The fraction of sp³-hybridized carbons (Fsp3) is 0.875. The molecule has 64 valence electrons. The third-order valence-electron chi connectivity index (χ3n) is 1.96. The first-order chi connectivity index (χ1) is 5.36. The lowest BCUT2D eigenvalue weighted by Crippen LogP contribution is -2.35. The van der Waals surface area contributed by atoms with Crippen molar-refractivity contribution in [3.05, 3.63) is 0 Å². The van der Waals surface area contributed by atoms with Gasteiger partial charge in [0.25, 0.3) is 0 Å². The molecule has 0 saturated carbocycles. The fourth-order valence-electron chi connectivity index (χ4n) is 1.17. The molecule has 0 aromatic rings. The van der Waals surface area contributed by atoms with Gasteiger partial charge in [-0.05, 0) is 12.8 Å². The summed E-state index contributed by atoms with van der Waals surface area (Å²) in [5.41, 5.74) is 0. The third-order valence-corrected chi connectivity index (χ3v) is 1.96. The number of aliphatic hydroxyl groups excluding tert-OH is 1. The highest BCUT2D eigenvalue weighted by Crippen LogP contribution is 2.02. The van der Waals surface area contributed by atoms with Gasteiger partial charge in [0.05, 0.1) is 18.5 Å². The second-order valence-corrected chi connectivity index (χ2v) is 2.86. The quantitative estimate of drug-likeness (QED) is 0.626. The van der Waals surface area contributed by atoms with E-state index >= 15 is 0 Å². The summed E-state index contributed by atoms with van der Waals surface area (Å²) in [6.45, 7) is 3.21. The van der Waals surface area contributed by atoms with Crippen LogP contribution in [0.1, 0.15) is 26.2 Å². The zero-order valence-corrected chi connectivity index (χ0v) is 7.01. The molecule has 3 nitrogen and oxygen atoms in total. The molecule has 0 spiro atoms. The van der Waals surface area contributed by atoms with Crippen LogP contribution in [0.4, 0.5) is 0 Å². The number of hydrogen-bond donors (Lipinski definition) is 2. The Morgan fingerprint density at radius 3 is 3.00 bits per heavy atom. The molecule has 0 radical (unpaired) electrons. The van der Waals surface area contributed by atoms with Gasteiger partial charge in [-0.3, -0.25) is 4.99 Å². The predicted octanol–water partition coefficient (Wildman–Crippen LogP) is 0.539. The van der Waals surface area contributed by atoms with Gasteiger partial charge in [0.1, 0.15) is 0 Å². The van der Waals surface area contributed by atoms with Crippen LogP contribution in [0.5, 0.6) is 0 Å². The first-order valence-electron chi connectivity index (χ1n) is 4.27. The summed E-state index contributed by atoms with van der Waals surface area (Å²) in [7, 11) is 0. The van der Waals surface area contributed by atoms with Crippen molar-refractivity contribution in [1.29, 1.82) is 0 Å². The summed E-state index contributed by atoms with van der Waals surface area (Å²) in [5.74, 6) is 1.07. The highest BCUT2D eigenvalue weighted by atomic mass is 16.3. The second kappa shape index (κ2) is 4.34. The van der Waals surface area contributed by atoms with Crippen LogP contribution < -0.4 is 5.32 Å². The molecule has 1 atom stereocenters. The number of nitrogens with zero attached hydrogens (tertiary/aromatic N) is 1. The van der Waals surface area contributed by atoms with Crippen molar-refractivity contribution < 1.29 is 5.11 Å². The van der Waals surface area contributed by atoms with Crippen LogP contribution in [-0.2, 0) is 0 Å². The van der Waals surface area contributed by atoms with Gasteiger partial charge >= 0.3 is 0 Å². The van der Waals surface area contributed by atoms with E-state index < -0.39 is 0 Å². The molecule has 0 fully saturated rings. The zero-order valence-electron chi connectivity index (χ0n) is 7.01. The lowest BCUT2D eigenvalue weighted by Gasteiger charge is -2.14. The van der Waals surface area contributed by atoms with E-state index in [1.165, 1.54) is 0 Å². The maximum Gasteiger partial charge on any atom is 0.0966 e. The van der Waals surface area contributed by atoms with Crippen LogP contribution in [0, 0.1) is 0 Å². The number of aliphatic hydroxyl groups is 1. The Kier molecular flexibility index (Phi) is 3.36. The molecule has 1 aliphatic heterocycles. The van der Waals surface area contributed by atoms with Crippen LogP contribution in [0.25, 0.3) is 0 Å². The normalized spacial score (nSPS) is 19.6. The Morgan fingerprint density at radius 1 is 1.73 bits per heavy atom. The Bertz CT molecular complexity index is 141. The molecule has 0 aromatic carbocycles. The Morgan fingerprint density at radius 2 is 2.55 bits per heavy atom. The smallest absolute Gasteiger partial charge is 0.0966 e. The van der Waals surface area contributed by atoms with Crippen molar-refractivity contribution in [3.63, 3.8) is 0 Å². The monoisotopic (exact) mass is 156 g/mol. The molecular formula is C8H16N2O. The summed E-state index contributed by atoms with van der Waals surface area (Å²) in [6.07, 6.45) is 3.16. The van der Waals surface area contributed by atoms with E-state index in [2.05, 4.69) is 17.2 Å². The van der Waals surface area contributed by atoms with E-state index in [0.717, 1.165) is 31.6 Å². The van der Waals surface area contributed by atoms with Crippen molar-refractivity contribution in [2.75, 3.05) is 13.2 Å². The average molecular weight is 156 g/mol. The van der Waals surface area contributed by atoms with Crippen LogP contribution in [0.3, 0.4) is 0 Å². The molecule has 1 rings (SSSR count). The van der Waals surface area contributed by atoms with E-state index in [9.17, 15) is 0 Å². The molecule has 0 aromatic heterocycles. The van der Waals surface area contributed by atoms with Gasteiger partial charge in [0.2, 0.25) is 0 Å². The van der Waals surface area contributed by atoms with Gasteiger partial charge < -0.3 is 10.4 Å². The Hall–Kier alpha value is -0.570. The minimum atomic E-state index is 0.201. The Balaban J connectivity index is 2.27. The van der Waals surface area contributed by atoms with E-state index in [0.29, 0.717) is 0 Å². The second-order valence-electron chi connectivity index (χ2n) is 2.86. The molecule has 1 heterocycles. The van der Waals surface area contributed by atoms with E-state index in [-0.39, 0.29) is 12.6 Å². The number of amidine groups is 1. The molecule has 1 unspecified atom stereocenters. The minimum absolute atomic E-state index is 0.201. The SMILES string of the molecule is CCC(CO)NC1=NCCC1. The van der Waals surface area contributed by atoms with Crippen LogP contribution in [0.15, 0.2) is 4.99 Å². The number of nitrogens with one attached hydrogen (secondary N) is 1. The predicted molar refractivity (Wildman–Crippen MR) is 45.8 cm³/mol. The summed E-state index contributed by atoms with van der Waals surface area (Å²) >= 11 is 0. The van der Waals surface area contributed by atoms with Gasteiger partial charge in [-0.15, -0.1) is 0 Å². The van der Waals surface area contributed by atoms with E-state index in [4.69, 9.17) is 5.11 Å². The number of aliphatic imine (C=N–C) groups is 1.